The molecule has 2 N–H and O–H groups in total. The van der Waals surface area contributed by atoms with Gasteiger partial charge >= 0.3 is 0 Å². The second kappa shape index (κ2) is 4.06. The number of aryl methyl sites for hydroxylation is 1. The number of hydrogen-bond acceptors (Lipinski definition) is 3. The number of nitrogens with two attached hydrogens (primary N) is 1. The first-order valence-corrected chi connectivity index (χ1v) is 5.40. The van der Waals surface area contributed by atoms with Crippen LogP contribution in [0.15, 0.2) is 33.2 Å². The van der Waals surface area contributed by atoms with Gasteiger partial charge in [0.1, 0.15) is 5.76 Å². The van der Waals surface area contributed by atoms with Gasteiger partial charge < -0.3 is 10.2 Å². The molecule has 0 fully saturated rings. The molecule has 78 valence electrons. The number of aromatic nitrogens is 1. The van der Waals surface area contributed by atoms with Crippen LogP contribution >= 0.6 is 15.9 Å². The fourth-order valence-corrected chi connectivity index (χ4v) is 1.89. The largest absolute Gasteiger partial charge is 0.428 e. The van der Waals surface area contributed by atoms with Crippen molar-refractivity contribution in [3.8, 4) is 0 Å². The van der Waals surface area contributed by atoms with Crippen LogP contribution in [-0.4, -0.2) is 4.98 Å². The fourth-order valence-electron chi connectivity index (χ4n) is 1.45. The van der Waals surface area contributed by atoms with Crippen molar-refractivity contribution in [2.45, 2.75) is 13.3 Å². The van der Waals surface area contributed by atoms with Crippen molar-refractivity contribution in [2.24, 2.45) is 0 Å². The summed E-state index contributed by atoms with van der Waals surface area (Å²) in [7, 11) is 0. The van der Waals surface area contributed by atoms with Gasteiger partial charge in [-0.15, -0.1) is 0 Å². The molecule has 2 aromatic rings. The minimum atomic E-state index is 0.234. The number of nitrogens with zero attached hydrogens (tertiary/aromatic N) is 1. The molecular weight excluding hydrogens is 256 g/mol. The minimum absolute atomic E-state index is 0.234. The minimum Gasteiger partial charge on any atom is -0.428 e. The molecule has 0 bridgehead atoms. The molecule has 0 spiro atoms. The van der Waals surface area contributed by atoms with E-state index in [2.05, 4.69) is 27.0 Å². The number of hydrogen-bond donors (Lipinski definition) is 1. The van der Waals surface area contributed by atoms with Crippen molar-refractivity contribution in [1.82, 2.24) is 4.98 Å². The van der Waals surface area contributed by atoms with Crippen LogP contribution in [0.2, 0.25) is 0 Å². The zero-order valence-electron chi connectivity index (χ0n) is 8.33. The average molecular weight is 267 g/mol. The number of halogens is 1. The quantitative estimate of drug-likeness (QED) is 0.910. The average Bonchev–Trinajstić information content (AvgIpc) is 2.45. The molecule has 1 heterocycles. The third-order valence-corrected chi connectivity index (χ3v) is 2.66. The van der Waals surface area contributed by atoms with E-state index < -0.39 is 0 Å². The summed E-state index contributed by atoms with van der Waals surface area (Å²) >= 11 is 3.43. The Bertz CT molecular complexity index is 479. The van der Waals surface area contributed by atoms with Crippen LogP contribution in [0.1, 0.15) is 17.0 Å². The molecule has 0 saturated heterocycles. The normalized spacial score (nSPS) is 10.5. The van der Waals surface area contributed by atoms with Crippen LogP contribution in [0.25, 0.3) is 0 Å². The predicted octanol–water partition coefficient (Wildman–Crippen LogP) is 2.92. The Morgan fingerprint density at radius 2 is 2.27 bits per heavy atom. The smallest absolute Gasteiger partial charge is 0.292 e. The number of benzene rings is 1. The zero-order valence-corrected chi connectivity index (χ0v) is 9.91. The molecule has 3 nitrogen and oxygen atoms in total. The summed E-state index contributed by atoms with van der Waals surface area (Å²) in [4.78, 5) is 4.03. The molecule has 0 amide bonds. The molecule has 2 rings (SSSR count). The maximum atomic E-state index is 5.48. The molecule has 0 unspecified atom stereocenters. The monoisotopic (exact) mass is 266 g/mol. The first kappa shape index (κ1) is 10.2. The Hall–Kier alpha value is -1.29. The molecule has 4 heteroatoms. The van der Waals surface area contributed by atoms with E-state index >= 15 is 0 Å². The molecular formula is C11H11BrN2O. The summed E-state index contributed by atoms with van der Waals surface area (Å²) in [6.45, 7) is 1.90. The van der Waals surface area contributed by atoms with Gasteiger partial charge in [-0.25, -0.2) is 0 Å². The highest BCUT2D eigenvalue weighted by Gasteiger charge is 2.07. The topological polar surface area (TPSA) is 52.0 Å². The fraction of sp³-hybridized carbons (Fsp3) is 0.182. The second-order valence-corrected chi connectivity index (χ2v) is 4.28. The summed E-state index contributed by atoms with van der Waals surface area (Å²) in [5.74, 6) is 0.825. The summed E-state index contributed by atoms with van der Waals surface area (Å²) < 4.78 is 6.37. The molecule has 1 aromatic heterocycles. The summed E-state index contributed by atoms with van der Waals surface area (Å²) in [5.41, 5.74) is 7.50. The van der Waals surface area contributed by atoms with E-state index in [1.807, 2.05) is 25.1 Å². The summed E-state index contributed by atoms with van der Waals surface area (Å²) in [5, 5.41) is 0. The Labute approximate surface area is 96.4 Å². The third-order valence-electron chi connectivity index (χ3n) is 2.16. The number of nitrogen functional groups attached to an aromatic ring is 1. The lowest BCUT2D eigenvalue weighted by Gasteiger charge is -1.99. The molecule has 0 aliphatic heterocycles. The predicted molar refractivity (Wildman–Crippen MR) is 62.6 cm³/mol. The zero-order chi connectivity index (χ0) is 10.8. The van der Waals surface area contributed by atoms with Crippen LogP contribution in [-0.2, 0) is 6.42 Å². The van der Waals surface area contributed by atoms with Gasteiger partial charge in [0.25, 0.3) is 6.01 Å². The number of oxazole rings is 1. The maximum Gasteiger partial charge on any atom is 0.292 e. The van der Waals surface area contributed by atoms with Crippen LogP contribution in [0, 0.1) is 6.92 Å². The standard InChI is InChI=1S/C11H11BrN2O/c1-7-10(15-11(13)14-7)6-8-3-2-4-9(12)5-8/h2-5H,6H2,1H3,(H2,13,14). The van der Waals surface area contributed by atoms with Crippen LogP contribution < -0.4 is 5.73 Å². The highest BCUT2D eigenvalue weighted by molar-refractivity contribution is 9.10. The van der Waals surface area contributed by atoms with E-state index in [-0.39, 0.29) is 6.01 Å². The van der Waals surface area contributed by atoms with Crippen molar-refractivity contribution in [1.29, 1.82) is 0 Å². The van der Waals surface area contributed by atoms with Gasteiger partial charge in [-0.05, 0) is 24.6 Å². The van der Waals surface area contributed by atoms with Crippen LogP contribution in [0.3, 0.4) is 0 Å². The molecule has 1 aromatic carbocycles. The van der Waals surface area contributed by atoms with E-state index in [1.54, 1.807) is 0 Å². The SMILES string of the molecule is Cc1nc(N)oc1Cc1cccc(Br)c1. The van der Waals surface area contributed by atoms with Gasteiger partial charge in [-0.1, -0.05) is 28.1 Å². The Morgan fingerprint density at radius 3 is 2.87 bits per heavy atom. The highest BCUT2D eigenvalue weighted by Crippen LogP contribution is 2.18. The second-order valence-electron chi connectivity index (χ2n) is 3.37. The summed E-state index contributed by atoms with van der Waals surface area (Å²) in [6.07, 6.45) is 0.718. The van der Waals surface area contributed by atoms with E-state index in [1.165, 1.54) is 5.56 Å². The van der Waals surface area contributed by atoms with Gasteiger partial charge in [0.2, 0.25) is 0 Å². The Kier molecular flexibility index (Phi) is 2.77. The Morgan fingerprint density at radius 1 is 1.47 bits per heavy atom. The van der Waals surface area contributed by atoms with Crippen molar-refractivity contribution < 1.29 is 4.42 Å². The van der Waals surface area contributed by atoms with Gasteiger partial charge in [0, 0.05) is 10.9 Å². The highest BCUT2D eigenvalue weighted by atomic mass is 79.9. The lowest BCUT2D eigenvalue weighted by Crippen LogP contribution is -1.88. The first-order chi connectivity index (χ1) is 7.15. The molecule has 15 heavy (non-hydrogen) atoms. The van der Waals surface area contributed by atoms with Gasteiger partial charge in [0.15, 0.2) is 0 Å². The molecule has 0 saturated carbocycles. The van der Waals surface area contributed by atoms with E-state index in [9.17, 15) is 0 Å². The van der Waals surface area contributed by atoms with E-state index in [4.69, 9.17) is 10.2 Å². The van der Waals surface area contributed by atoms with Crippen molar-refractivity contribution in [2.75, 3.05) is 5.73 Å². The van der Waals surface area contributed by atoms with Crippen LogP contribution in [0.4, 0.5) is 6.01 Å². The molecule has 0 aliphatic rings. The van der Waals surface area contributed by atoms with Gasteiger partial charge in [-0.2, -0.15) is 4.98 Å². The lowest BCUT2D eigenvalue weighted by atomic mass is 10.1. The van der Waals surface area contributed by atoms with E-state index in [0.29, 0.717) is 0 Å². The Balaban J connectivity index is 2.25. The van der Waals surface area contributed by atoms with Crippen molar-refractivity contribution >= 4 is 21.9 Å². The van der Waals surface area contributed by atoms with Gasteiger partial charge in [0.05, 0.1) is 5.69 Å². The number of rotatable bonds is 2. The van der Waals surface area contributed by atoms with Gasteiger partial charge in [-0.3, -0.25) is 0 Å². The molecule has 0 atom stereocenters. The third kappa shape index (κ3) is 2.39. The van der Waals surface area contributed by atoms with Crippen molar-refractivity contribution in [3.63, 3.8) is 0 Å². The van der Waals surface area contributed by atoms with Crippen molar-refractivity contribution in [3.05, 3.63) is 45.8 Å². The first-order valence-electron chi connectivity index (χ1n) is 4.61. The molecule has 0 radical (unpaired) electrons. The number of anilines is 1. The van der Waals surface area contributed by atoms with Crippen LogP contribution in [0.5, 0.6) is 0 Å². The van der Waals surface area contributed by atoms with E-state index in [0.717, 1.165) is 22.3 Å². The summed E-state index contributed by atoms with van der Waals surface area (Å²) in [6, 6.07) is 8.32. The lowest BCUT2D eigenvalue weighted by molar-refractivity contribution is 0.532. The molecule has 0 aliphatic carbocycles. The maximum absolute atomic E-state index is 5.48.